The maximum absolute atomic E-state index is 4.77. The molecule has 6 heteroatoms. The predicted molar refractivity (Wildman–Crippen MR) is 115 cm³/mol. The van der Waals surface area contributed by atoms with Crippen molar-refractivity contribution in [3.05, 3.63) is 97.6 Å². The van der Waals surface area contributed by atoms with Crippen molar-refractivity contribution in [2.24, 2.45) is 0 Å². The molecule has 0 aliphatic carbocycles. The van der Waals surface area contributed by atoms with E-state index in [9.17, 15) is 0 Å². The molecule has 5 aromatic heterocycles. The van der Waals surface area contributed by atoms with Crippen molar-refractivity contribution in [1.29, 1.82) is 0 Å². The molecule has 5 heterocycles. The first-order valence-electron chi connectivity index (χ1n) is 9.47. The molecule has 0 saturated heterocycles. The van der Waals surface area contributed by atoms with Gasteiger partial charge in [0.2, 0.25) is 0 Å². The monoisotopic (exact) mass is 388 g/mol. The van der Waals surface area contributed by atoms with Crippen LogP contribution in [0.2, 0.25) is 0 Å². The summed E-state index contributed by atoms with van der Waals surface area (Å²) in [5.74, 6) is 0. The van der Waals surface area contributed by atoms with Gasteiger partial charge in [0.1, 0.15) is 11.4 Å². The largest absolute Gasteiger partial charge is 0.255 e. The normalized spacial score (nSPS) is 10.7. The van der Waals surface area contributed by atoms with Crippen LogP contribution >= 0.6 is 0 Å². The van der Waals surface area contributed by atoms with E-state index in [1.807, 2.05) is 72.8 Å². The zero-order valence-electron chi connectivity index (χ0n) is 15.9. The summed E-state index contributed by atoms with van der Waals surface area (Å²) in [5.41, 5.74) is 5.93. The maximum atomic E-state index is 4.77. The molecule has 0 aliphatic rings. The molecule has 0 N–H and O–H groups in total. The molecule has 0 bridgehead atoms. The Bertz CT molecular complexity index is 1190. The third-order valence-electron chi connectivity index (χ3n) is 4.54. The van der Waals surface area contributed by atoms with Crippen molar-refractivity contribution in [3.8, 4) is 45.6 Å². The van der Waals surface area contributed by atoms with E-state index in [4.69, 9.17) is 9.97 Å². The molecule has 6 nitrogen and oxygen atoms in total. The van der Waals surface area contributed by atoms with Crippen LogP contribution in [0.3, 0.4) is 0 Å². The molecule has 0 spiro atoms. The zero-order chi connectivity index (χ0) is 20.2. The Hall–Kier alpha value is -4.32. The fourth-order valence-corrected chi connectivity index (χ4v) is 3.16. The van der Waals surface area contributed by atoms with Crippen molar-refractivity contribution in [2.45, 2.75) is 0 Å². The maximum Gasteiger partial charge on any atom is 0.116 e. The lowest BCUT2D eigenvalue weighted by Gasteiger charge is -2.09. The molecule has 5 rings (SSSR count). The number of hydrogen-bond acceptors (Lipinski definition) is 6. The van der Waals surface area contributed by atoms with Crippen LogP contribution in [-0.4, -0.2) is 29.9 Å². The first-order chi connectivity index (χ1) is 14.9. The van der Waals surface area contributed by atoms with E-state index in [0.29, 0.717) is 22.8 Å². The van der Waals surface area contributed by atoms with E-state index in [1.165, 1.54) is 0 Å². The van der Waals surface area contributed by atoms with Crippen molar-refractivity contribution in [2.75, 3.05) is 0 Å². The Morgan fingerprint density at radius 3 is 1.20 bits per heavy atom. The third-order valence-corrected chi connectivity index (χ3v) is 4.54. The lowest BCUT2D eigenvalue weighted by atomic mass is 10.1. The second-order valence-corrected chi connectivity index (χ2v) is 6.50. The highest BCUT2D eigenvalue weighted by molar-refractivity contribution is 5.76. The Morgan fingerprint density at radius 2 is 0.767 bits per heavy atom. The number of aromatic nitrogens is 6. The van der Waals surface area contributed by atoms with Crippen LogP contribution in [0.5, 0.6) is 0 Å². The van der Waals surface area contributed by atoms with E-state index >= 15 is 0 Å². The lowest BCUT2D eigenvalue weighted by molar-refractivity contribution is 1.15. The highest BCUT2D eigenvalue weighted by Crippen LogP contribution is 2.28. The molecule has 30 heavy (non-hydrogen) atoms. The number of pyridine rings is 4. The summed E-state index contributed by atoms with van der Waals surface area (Å²) in [7, 11) is 0. The molecule has 0 fully saturated rings. The molecule has 5 aromatic rings. The van der Waals surface area contributed by atoms with Crippen molar-refractivity contribution >= 4 is 0 Å². The summed E-state index contributed by atoms with van der Waals surface area (Å²) in [6.07, 6.45) is 6.84. The first-order valence-corrected chi connectivity index (χ1v) is 9.47. The van der Waals surface area contributed by atoms with Gasteiger partial charge >= 0.3 is 0 Å². The van der Waals surface area contributed by atoms with Crippen LogP contribution in [0.25, 0.3) is 45.6 Å². The lowest BCUT2D eigenvalue weighted by Crippen LogP contribution is -1.98. The second kappa shape index (κ2) is 7.97. The van der Waals surface area contributed by atoms with Gasteiger partial charge in [0.25, 0.3) is 0 Å². The van der Waals surface area contributed by atoms with Gasteiger partial charge < -0.3 is 0 Å². The topological polar surface area (TPSA) is 77.3 Å². The summed E-state index contributed by atoms with van der Waals surface area (Å²) < 4.78 is 0. The highest BCUT2D eigenvalue weighted by Gasteiger charge is 2.14. The van der Waals surface area contributed by atoms with Crippen LogP contribution in [0.4, 0.5) is 0 Å². The summed E-state index contributed by atoms with van der Waals surface area (Å²) in [6, 6.07) is 23.1. The van der Waals surface area contributed by atoms with Crippen molar-refractivity contribution < 1.29 is 0 Å². The van der Waals surface area contributed by atoms with Crippen LogP contribution in [-0.2, 0) is 0 Å². The van der Waals surface area contributed by atoms with E-state index < -0.39 is 0 Å². The summed E-state index contributed by atoms with van der Waals surface area (Å²) >= 11 is 0. The van der Waals surface area contributed by atoms with E-state index in [0.717, 1.165) is 22.8 Å². The van der Waals surface area contributed by atoms with E-state index in [2.05, 4.69) is 19.9 Å². The quantitative estimate of drug-likeness (QED) is 0.443. The van der Waals surface area contributed by atoms with Gasteiger partial charge in [-0.15, -0.1) is 0 Å². The molecule has 0 aromatic carbocycles. The smallest absolute Gasteiger partial charge is 0.116 e. The predicted octanol–water partition coefficient (Wildman–Crippen LogP) is 4.72. The number of nitrogens with zero attached hydrogens (tertiary/aromatic N) is 6. The molecular weight excluding hydrogens is 372 g/mol. The molecule has 0 radical (unpaired) electrons. The average molecular weight is 388 g/mol. The fraction of sp³-hybridized carbons (Fsp3) is 0. The standard InChI is InChI=1S/C24H16N6/c1-3-13-25-17(7-1)19-9-5-11-21(29-19)23-24(28-16-15-27-23)22-12-6-10-20(30-22)18-8-2-4-14-26-18/h1-16H. The molecule has 0 amide bonds. The minimum Gasteiger partial charge on any atom is -0.255 e. The Kier molecular flexibility index (Phi) is 4.72. The van der Waals surface area contributed by atoms with Gasteiger partial charge in [-0.25, -0.2) is 9.97 Å². The summed E-state index contributed by atoms with van der Waals surface area (Å²) in [5, 5.41) is 0. The van der Waals surface area contributed by atoms with Crippen molar-refractivity contribution in [3.63, 3.8) is 0 Å². The van der Waals surface area contributed by atoms with Gasteiger partial charge in [0.05, 0.1) is 34.2 Å². The highest BCUT2D eigenvalue weighted by atomic mass is 14.9. The van der Waals surface area contributed by atoms with Gasteiger partial charge in [-0.05, 0) is 48.5 Å². The van der Waals surface area contributed by atoms with Crippen molar-refractivity contribution in [1.82, 2.24) is 29.9 Å². The van der Waals surface area contributed by atoms with Crippen LogP contribution in [0.15, 0.2) is 97.6 Å². The second-order valence-electron chi connectivity index (χ2n) is 6.50. The third kappa shape index (κ3) is 3.54. The Labute approximate surface area is 173 Å². The SMILES string of the molecule is c1ccc(-c2cccc(-c3nccnc3-c3cccc(-c4ccccn4)n3)n2)nc1. The Balaban J connectivity index is 1.60. The minimum absolute atomic E-state index is 0.668. The molecule has 142 valence electrons. The molecule has 0 saturated carbocycles. The minimum atomic E-state index is 0.668. The van der Waals surface area contributed by atoms with E-state index in [-0.39, 0.29) is 0 Å². The average Bonchev–Trinajstić information content (AvgIpc) is 2.85. The van der Waals surface area contributed by atoms with Crippen LogP contribution in [0.1, 0.15) is 0 Å². The molecular formula is C24H16N6. The first kappa shape index (κ1) is 17.8. The molecule has 0 aliphatic heterocycles. The summed E-state index contributed by atoms with van der Waals surface area (Å²) in [4.78, 5) is 27.5. The number of hydrogen-bond donors (Lipinski definition) is 0. The Morgan fingerprint density at radius 1 is 0.333 bits per heavy atom. The number of rotatable bonds is 4. The fourth-order valence-electron chi connectivity index (χ4n) is 3.16. The van der Waals surface area contributed by atoms with Crippen LogP contribution < -0.4 is 0 Å². The summed E-state index contributed by atoms with van der Waals surface area (Å²) in [6.45, 7) is 0. The van der Waals surface area contributed by atoms with Gasteiger partial charge in [-0.1, -0.05) is 24.3 Å². The molecule has 0 unspecified atom stereocenters. The van der Waals surface area contributed by atoms with E-state index in [1.54, 1.807) is 24.8 Å². The molecule has 0 atom stereocenters. The van der Waals surface area contributed by atoms with Gasteiger partial charge in [0.15, 0.2) is 0 Å². The zero-order valence-corrected chi connectivity index (χ0v) is 15.9. The van der Waals surface area contributed by atoms with Crippen LogP contribution in [0, 0.1) is 0 Å². The van der Waals surface area contributed by atoms with Gasteiger partial charge in [-0.3, -0.25) is 19.9 Å². The van der Waals surface area contributed by atoms with Gasteiger partial charge in [0, 0.05) is 24.8 Å². The van der Waals surface area contributed by atoms with Gasteiger partial charge in [-0.2, -0.15) is 0 Å².